The summed E-state index contributed by atoms with van der Waals surface area (Å²) in [6.07, 6.45) is 2.64. The molecule has 1 aliphatic carbocycles. The van der Waals surface area contributed by atoms with Crippen LogP contribution in [0.25, 0.3) is 10.9 Å². The van der Waals surface area contributed by atoms with Gasteiger partial charge in [0, 0.05) is 33.2 Å². The number of fused-ring (bicyclic) bond motifs is 1. The van der Waals surface area contributed by atoms with Crippen molar-refractivity contribution in [3.05, 3.63) is 69.8 Å². The summed E-state index contributed by atoms with van der Waals surface area (Å²) in [4.78, 5) is 28.5. The maximum atomic E-state index is 12.7. The minimum absolute atomic E-state index is 0.0416. The van der Waals surface area contributed by atoms with Crippen molar-refractivity contribution < 1.29 is 14.3 Å². The van der Waals surface area contributed by atoms with Crippen molar-refractivity contribution in [3.8, 4) is 6.07 Å². The molecule has 7 heteroatoms. The maximum Gasteiger partial charge on any atom is 0.311 e. The van der Waals surface area contributed by atoms with Gasteiger partial charge in [-0.3, -0.25) is 9.59 Å². The Bertz CT molecular complexity index is 1110. The summed E-state index contributed by atoms with van der Waals surface area (Å²) in [5.74, 6) is -0.835. The lowest BCUT2D eigenvalue weighted by Gasteiger charge is -2.18. The van der Waals surface area contributed by atoms with Crippen molar-refractivity contribution in [2.75, 3.05) is 0 Å². The molecule has 0 radical (unpaired) electrons. The first-order valence-corrected chi connectivity index (χ1v) is 10.1. The number of aromatic amines is 1. The summed E-state index contributed by atoms with van der Waals surface area (Å²) in [6.45, 7) is 0. The zero-order valence-corrected chi connectivity index (χ0v) is 17.0. The van der Waals surface area contributed by atoms with Crippen LogP contribution in [0.5, 0.6) is 0 Å². The number of nitrogens with one attached hydrogen (secondary N) is 2. The number of aromatic nitrogens is 1. The number of nitriles is 1. The molecule has 0 bridgehead atoms. The Balaban J connectivity index is 1.53. The van der Waals surface area contributed by atoms with E-state index in [2.05, 4.69) is 26.2 Å². The van der Waals surface area contributed by atoms with Gasteiger partial charge in [0.25, 0.3) is 5.91 Å². The highest BCUT2D eigenvalue weighted by Crippen LogP contribution is 2.26. The summed E-state index contributed by atoms with van der Waals surface area (Å²) in [7, 11) is 0. The van der Waals surface area contributed by atoms with E-state index in [-0.39, 0.29) is 18.4 Å². The topological polar surface area (TPSA) is 95.0 Å². The molecule has 0 spiro atoms. The highest BCUT2D eigenvalue weighted by molar-refractivity contribution is 9.10. The number of H-pyrrole nitrogens is 1. The quantitative estimate of drug-likeness (QED) is 0.555. The van der Waals surface area contributed by atoms with E-state index >= 15 is 0 Å². The molecular weight excluding hydrogens is 434 g/mol. The number of hydrogen-bond donors (Lipinski definition) is 2. The smallest absolute Gasteiger partial charge is 0.311 e. The van der Waals surface area contributed by atoms with Crippen LogP contribution in [0.4, 0.5) is 0 Å². The number of amides is 1. The van der Waals surface area contributed by atoms with Crippen molar-refractivity contribution >= 4 is 38.7 Å². The molecule has 2 N–H and O–H groups in total. The molecule has 4 rings (SSSR count). The Morgan fingerprint density at radius 3 is 2.69 bits per heavy atom. The molecule has 0 aliphatic heterocycles. The number of hydrogen-bond acceptors (Lipinski definition) is 4. The van der Waals surface area contributed by atoms with Crippen molar-refractivity contribution in [2.24, 2.45) is 0 Å². The van der Waals surface area contributed by atoms with Crippen LogP contribution in [0.15, 0.2) is 53.1 Å². The van der Waals surface area contributed by atoms with Gasteiger partial charge in [0.05, 0.1) is 18.1 Å². The number of carbonyl (C=O) groups is 2. The minimum atomic E-state index is -1.05. The van der Waals surface area contributed by atoms with Crippen LogP contribution in [-0.4, -0.2) is 22.9 Å². The van der Waals surface area contributed by atoms with Crippen molar-refractivity contribution in [3.63, 3.8) is 0 Å². The normalized spacial score (nSPS) is 14.2. The first kappa shape index (κ1) is 19.2. The molecule has 1 amide bonds. The summed E-state index contributed by atoms with van der Waals surface area (Å²) in [6, 6.07) is 14.5. The van der Waals surface area contributed by atoms with Gasteiger partial charge in [-0.25, -0.2) is 0 Å². The van der Waals surface area contributed by atoms with Crippen LogP contribution >= 0.6 is 15.9 Å². The number of nitrogens with zero attached hydrogens (tertiary/aromatic N) is 1. The van der Waals surface area contributed by atoms with E-state index in [4.69, 9.17) is 10.00 Å². The zero-order valence-electron chi connectivity index (χ0n) is 15.4. The largest absolute Gasteiger partial charge is 0.447 e. The maximum absolute atomic E-state index is 12.7. The van der Waals surface area contributed by atoms with Gasteiger partial charge in [0.15, 0.2) is 0 Å². The van der Waals surface area contributed by atoms with Crippen LogP contribution in [0.2, 0.25) is 0 Å². The van der Waals surface area contributed by atoms with E-state index in [0.717, 1.165) is 33.8 Å². The van der Waals surface area contributed by atoms with Gasteiger partial charge in [-0.1, -0.05) is 28.1 Å². The molecule has 6 nitrogen and oxygen atoms in total. The van der Waals surface area contributed by atoms with E-state index < -0.39 is 12.1 Å². The average molecular weight is 452 g/mol. The zero-order chi connectivity index (χ0) is 20.4. The number of rotatable bonds is 6. The molecule has 1 heterocycles. The van der Waals surface area contributed by atoms with E-state index in [0.29, 0.717) is 11.1 Å². The lowest BCUT2D eigenvalue weighted by molar-refractivity contribution is -0.155. The van der Waals surface area contributed by atoms with Gasteiger partial charge >= 0.3 is 5.97 Å². The minimum Gasteiger partial charge on any atom is -0.447 e. The number of ether oxygens (including phenoxy) is 1. The molecule has 1 aromatic heterocycles. The van der Waals surface area contributed by atoms with Gasteiger partial charge in [0.2, 0.25) is 6.10 Å². The van der Waals surface area contributed by atoms with E-state index in [1.54, 1.807) is 30.5 Å². The second kappa shape index (κ2) is 8.10. The lowest BCUT2D eigenvalue weighted by Crippen LogP contribution is -2.33. The van der Waals surface area contributed by atoms with Crippen LogP contribution in [0.3, 0.4) is 0 Å². The Morgan fingerprint density at radius 2 is 2.00 bits per heavy atom. The molecule has 0 saturated heterocycles. The molecule has 146 valence electrons. The van der Waals surface area contributed by atoms with Crippen LogP contribution in [0, 0.1) is 11.3 Å². The molecule has 1 aliphatic rings. The van der Waals surface area contributed by atoms with Gasteiger partial charge in [-0.15, -0.1) is 0 Å². The number of halogens is 1. The third-order valence-corrected chi connectivity index (χ3v) is 5.31. The Labute approximate surface area is 176 Å². The van der Waals surface area contributed by atoms with Crippen molar-refractivity contribution in [1.82, 2.24) is 10.3 Å². The summed E-state index contributed by atoms with van der Waals surface area (Å²) in [5.41, 5.74) is 2.74. The van der Waals surface area contributed by atoms with E-state index in [9.17, 15) is 9.59 Å². The number of carbonyl (C=O) groups excluding carboxylic acids is 2. The molecule has 1 fully saturated rings. The summed E-state index contributed by atoms with van der Waals surface area (Å²) in [5, 5.41) is 12.8. The SMILES string of the molecule is N#Cc1ccc(C(OC(=O)Cc2c[nH]c3ccc(Br)cc23)C(=O)NC2CC2)cc1. The van der Waals surface area contributed by atoms with Crippen LogP contribution in [-0.2, 0) is 20.7 Å². The van der Waals surface area contributed by atoms with E-state index in [1.165, 1.54) is 0 Å². The molecule has 3 aromatic rings. The first-order chi connectivity index (χ1) is 14.0. The average Bonchev–Trinajstić information content (AvgIpc) is 3.46. The predicted octanol–water partition coefficient (Wildman–Crippen LogP) is 3.91. The number of esters is 1. The van der Waals surface area contributed by atoms with Crippen LogP contribution in [0.1, 0.15) is 35.6 Å². The van der Waals surface area contributed by atoms with E-state index in [1.807, 2.05) is 24.3 Å². The molecule has 29 heavy (non-hydrogen) atoms. The van der Waals surface area contributed by atoms with Gasteiger partial charge < -0.3 is 15.0 Å². The predicted molar refractivity (Wildman–Crippen MR) is 111 cm³/mol. The molecule has 1 saturated carbocycles. The number of benzene rings is 2. The third kappa shape index (κ3) is 4.49. The van der Waals surface area contributed by atoms with Gasteiger partial charge in [-0.05, 0) is 48.7 Å². The second-order valence-corrected chi connectivity index (χ2v) is 7.98. The molecule has 2 aromatic carbocycles. The highest BCUT2D eigenvalue weighted by Gasteiger charge is 2.31. The third-order valence-electron chi connectivity index (χ3n) is 4.82. The monoisotopic (exact) mass is 451 g/mol. The van der Waals surface area contributed by atoms with Gasteiger partial charge in [-0.2, -0.15) is 5.26 Å². The first-order valence-electron chi connectivity index (χ1n) is 9.29. The summed E-state index contributed by atoms with van der Waals surface area (Å²) < 4.78 is 6.51. The van der Waals surface area contributed by atoms with Crippen molar-refractivity contribution in [2.45, 2.75) is 31.4 Å². The fraction of sp³-hybridized carbons (Fsp3) is 0.227. The van der Waals surface area contributed by atoms with Crippen LogP contribution < -0.4 is 5.32 Å². The Kier molecular flexibility index (Phi) is 5.36. The fourth-order valence-electron chi connectivity index (χ4n) is 3.14. The second-order valence-electron chi connectivity index (χ2n) is 7.07. The Morgan fingerprint density at radius 1 is 1.24 bits per heavy atom. The standard InChI is InChI=1S/C22H18BrN3O3/c23-16-5-8-19-18(10-16)15(12-25-19)9-20(27)29-21(22(28)26-17-6-7-17)14-3-1-13(11-24)2-4-14/h1-5,8,10,12,17,21,25H,6-7,9H2,(H,26,28). The summed E-state index contributed by atoms with van der Waals surface area (Å²) >= 11 is 3.44. The molecule has 1 unspecified atom stereocenters. The van der Waals surface area contributed by atoms with Gasteiger partial charge in [0.1, 0.15) is 0 Å². The molecule has 1 atom stereocenters. The fourth-order valence-corrected chi connectivity index (χ4v) is 3.50. The highest BCUT2D eigenvalue weighted by atomic mass is 79.9. The molecular formula is C22H18BrN3O3. The van der Waals surface area contributed by atoms with Crippen molar-refractivity contribution in [1.29, 1.82) is 5.26 Å². The Hall–Kier alpha value is -3.11. The lowest BCUT2D eigenvalue weighted by atomic mass is 10.1.